The second-order valence-corrected chi connectivity index (χ2v) is 9.05. The van der Waals surface area contributed by atoms with Gasteiger partial charge >= 0.3 is 23.9 Å². The molecule has 0 spiro atoms. The quantitative estimate of drug-likeness (QED) is 0.285. The number of amides is 1. The summed E-state index contributed by atoms with van der Waals surface area (Å²) in [6.45, 7) is 4.03. The summed E-state index contributed by atoms with van der Waals surface area (Å²) in [6.07, 6.45) is -5.86. The molecule has 12 nitrogen and oxygen atoms in total. The third-order valence-electron chi connectivity index (χ3n) is 5.56. The van der Waals surface area contributed by atoms with E-state index in [1.807, 2.05) is 0 Å². The van der Waals surface area contributed by atoms with Crippen LogP contribution >= 0.6 is 11.6 Å². The van der Waals surface area contributed by atoms with E-state index in [1.165, 1.54) is 6.07 Å². The molecule has 0 bridgehead atoms. The second-order valence-electron chi connectivity index (χ2n) is 8.61. The number of esters is 4. The molecular formula is C25H26ClNO11. The van der Waals surface area contributed by atoms with E-state index in [2.05, 4.69) is 5.32 Å². The van der Waals surface area contributed by atoms with Gasteiger partial charge in [0, 0.05) is 50.4 Å². The Labute approximate surface area is 222 Å². The van der Waals surface area contributed by atoms with Crippen molar-refractivity contribution in [1.29, 1.82) is 0 Å². The molecule has 0 aromatic heterocycles. The molecule has 204 valence electrons. The van der Waals surface area contributed by atoms with E-state index in [0.717, 1.165) is 33.8 Å². The van der Waals surface area contributed by atoms with Crippen molar-refractivity contribution in [1.82, 2.24) is 0 Å². The number of allylic oxidation sites excluding steroid dienone is 1. The van der Waals surface area contributed by atoms with Crippen molar-refractivity contribution < 1.29 is 52.5 Å². The van der Waals surface area contributed by atoms with Crippen LogP contribution in [0.4, 0.5) is 5.69 Å². The molecule has 1 N–H and O–H groups in total. The van der Waals surface area contributed by atoms with Gasteiger partial charge in [-0.3, -0.25) is 28.8 Å². The van der Waals surface area contributed by atoms with Gasteiger partial charge in [0.2, 0.25) is 0 Å². The van der Waals surface area contributed by atoms with Gasteiger partial charge in [0.25, 0.3) is 5.91 Å². The van der Waals surface area contributed by atoms with Crippen molar-refractivity contribution in [3.63, 3.8) is 0 Å². The van der Waals surface area contributed by atoms with Crippen LogP contribution in [0.1, 0.15) is 39.7 Å². The number of anilines is 1. The number of halogens is 1. The summed E-state index contributed by atoms with van der Waals surface area (Å²) in [5, 5.41) is 2.99. The van der Waals surface area contributed by atoms with Crippen molar-refractivity contribution in [3.8, 4) is 0 Å². The SMILES string of the molecule is CC(=O)OC[C@H]1O[C@@H](CC(=O)/C=C2\C(=O)Nc3ccc(Cl)cc32)[C@H](OC(C)=O)[C@@H](OC(C)=O)[C@@H]1OC(C)=O. The van der Waals surface area contributed by atoms with E-state index < -0.39 is 79.1 Å². The highest BCUT2D eigenvalue weighted by atomic mass is 35.5. The summed E-state index contributed by atoms with van der Waals surface area (Å²) < 4.78 is 27.0. The molecule has 0 aliphatic carbocycles. The molecule has 5 atom stereocenters. The largest absolute Gasteiger partial charge is 0.463 e. The molecular weight excluding hydrogens is 526 g/mol. The van der Waals surface area contributed by atoms with Crippen molar-refractivity contribution in [2.75, 3.05) is 11.9 Å². The standard InChI is InChI=1S/C25H26ClNO11/c1-11(28)34-10-21-23(36-13(3)30)24(37-14(4)31)22(35-12(2)29)20(38-21)9-16(32)8-18-17-7-15(26)5-6-19(17)27-25(18)33/h5-8,20-24H,9-10H2,1-4H3,(H,27,33)/b18-8-/t20-,21+,22-,23+,24+/m0/s1. The number of hydrogen-bond acceptors (Lipinski definition) is 11. The molecule has 1 aromatic rings. The maximum absolute atomic E-state index is 13.1. The fraction of sp³-hybridized carbons (Fsp3) is 0.440. The molecule has 2 heterocycles. The van der Waals surface area contributed by atoms with Crippen LogP contribution in [0.3, 0.4) is 0 Å². The minimum Gasteiger partial charge on any atom is -0.463 e. The Morgan fingerprint density at radius 2 is 1.47 bits per heavy atom. The van der Waals surface area contributed by atoms with Gasteiger partial charge in [-0.05, 0) is 24.3 Å². The first kappa shape index (κ1) is 28.8. The van der Waals surface area contributed by atoms with E-state index in [0.29, 0.717) is 16.3 Å². The predicted molar refractivity (Wildman–Crippen MR) is 130 cm³/mol. The van der Waals surface area contributed by atoms with Gasteiger partial charge in [0.15, 0.2) is 24.1 Å². The van der Waals surface area contributed by atoms with Crippen molar-refractivity contribution >= 4 is 58.4 Å². The number of benzene rings is 1. The van der Waals surface area contributed by atoms with Crippen LogP contribution in [0.25, 0.3) is 5.57 Å². The van der Waals surface area contributed by atoms with Crippen LogP contribution in [-0.4, -0.2) is 72.7 Å². The molecule has 1 aromatic carbocycles. The van der Waals surface area contributed by atoms with E-state index in [9.17, 15) is 28.8 Å². The molecule has 2 aliphatic rings. The monoisotopic (exact) mass is 551 g/mol. The summed E-state index contributed by atoms with van der Waals surface area (Å²) in [4.78, 5) is 72.7. The molecule has 1 fully saturated rings. The van der Waals surface area contributed by atoms with Crippen LogP contribution in [0.5, 0.6) is 0 Å². The van der Waals surface area contributed by atoms with Crippen LogP contribution in [0.2, 0.25) is 5.02 Å². The summed E-state index contributed by atoms with van der Waals surface area (Å²) in [5.74, 6) is -4.12. The van der Waals surface area contributed by atoms with Crippen LogP contribution in [-0.2, 0) is 52.5 Å². The molecule has 13 heteroatoms. The lowest BCUT2D eigenvalue weighted by atomic mass is 9.91. The van der Waals surface area contributed by atoms with Crippen LogP contribution in [0.15, 0.2) is 24.3 Å². The third-order valence-corrected chi connectivity index (χ3v) is 5.79. The molecule has 0 unspecified atom stereocenters. The lowest BCUT2D eigenvalue weighted by Crippen LogP contribution is -2.62. The smallest absolute Gasteiger partial charge is 0.303 e. The summed E-state index contributed by atoms with van der Waals surface area (Å²) in [5.41, 5.74) is 0.973. The van der Waals surface area contributed by atoms with Crippen molar-refractivity contribution in [3.05, 3.63) is 34.9 Å². The Morgan fingerprint density at radius 3 is 2.05 bits per heavy atom. The van der Waals surface area contributed by atoms with Gasteiger partial charge in [0.05, 0.1) is 5.57 Å². The number of carbonyl (C=O) groups excluding carboxylic acids is 6. The Bertz CT molecular complexity index is 1190. The fourth-order valence-corrected chi connectivity index (χ4v) is 4.38. The Hall–Kier alpha value is -3.77. The molecule has 1 amide bonds. The van der Waals surface area contributed by atoms with Crippen molar-refractivity contribution in [2.24, 2.45) is 0 Å². The highest BCUT2D eigenvalue weighted by molar-refractivity contribution is 6.36. The van der Waals surface area contributed by atoms with Crippen molar-refractivity contribution in [2.45, 2.75) is 64.6 Å². The number of hydrogen-bond donors (Lipinski definition) is 1. The molecule has 3 rings (SSSR count). The topological polar surface area (TPSA) is 161 Å². The zero-order valence-corrected chi connectivity index (χ0v) is 21.7. The Balaban J connectivity index is 1.96. The highest BCUT2D eigenvalue weighted by Crippen LogP contribution is 2.35. The normalized spacial score (nSPS) is 25.1. The lowest BCUT2D eigenvalue weighted by molar-refractivity contribution is -0.252. The number of ether oxygens (including phenoxy) is 5. The minimum atomic E-state index is -1.39. The third kappa shape index (κ3) is 7.17. The summed E-state index contributed by atoms with van der Waals surface area (Å²) in [7, 11) is 0. The first-order valence-electron chi connectivity index (χ1n) is 11.5. The van der Waals surface area contributed by atoms with E-state index >= 15 is 0 Å². The highest BCUT2D eigenvalue weighted by Gasteiger charge is 2.52. The number of fused-ring (bicyclic) bond motifs is 1. The number of nitrogens with one attached hydrogen (secondary N) is 1. The summed E-state index contributed by atoms with van der Waals surface area (Å²) in [6, 6.07) is 4.71. The van der Waals surface area contributed by atoms with Gasteiger partial charge in [-0.2, -0.15) is 0 Å². The molecule has 2 aliphatic heterocycles. The van der Waals surface area contributed by atoms with Gasteiger partial charge in [-0.1, -0.05) is 11.6 Å². The first-order chi connectivity index (χ1) is 17.8. The fourth-order valence-electron chi connectivity index (χ4n) is 4.20. The lowest BCUT2D eigenvalue weighted by Gasteiger charge is -2.44. The summed E-state index contributed by atoms with van der Waals surface area (Å²) >= 11 is 6.04. The number of ketones is 1. The van der Waals surface area contributed by atoms with E-state index in [-0.39, 0.29) is 5.57 Å². The zero-order valence-electron chi connectivity index (χ0n) is 21.0. The predicted octanol–water partition coefficient (Wildman–Crippen LogP) is 1.76. The average Bonchev–Trinajstić information content (AvgIpc) is 3.09. The minimum absolute atomic E-state index is 0.0677. The van der Waals surface area contributed by atoms with Gasteiger partial charge < -0.3 is 29.0 Å². The second kappa shape index (κ2) is 12.2. The number of rotatable bonds is 8. The number of carbonyl (C=O) groups is 6. The van der Waals surface area contributed by atoms with E-state index in [4.69, 9.17) is 35.3 Å². The van der Waals surface area contributed by atoms with Crippen LogP contribution < -0.4 is 5.32 Å². The average molecular weight is 552 g/mol. The zero-order chi connectivity index (χ0) is 28.1. The Morgan fingerprint density at radius 1 is 0.895 bits per heavy atom. The van der Waals surface area contributed by atoms with Crippen LogP contribution in [0, 0.1) is 0 Å². The molecule has 38 heavy (non-hydrogen) atoms. The molecule has 0 saturated carbocycles. The van der Waals surface area contributed by atoms with E-state index in [1.54, 1.807) is 12.1 Å². The van der Waals surface area contributed by atoms with Gasteiger partial charge in [-0.25, -0.2) is 0 Å². The first-order valence-corrected chi connectivity index (χ1v) is 11.9. The maximum atomic E-state index is 13.1. The molecule has 1 saturated heterocycles. The molecule has 0 radical (unpaired) electrons. The Kier molecular flexibility index (Phi) is 9.23. The van der Waals surface area contributed by atoms with Gasteiger partial charge in [-0.15, -0.1) is 0 Å². The maximum Gasteiger partial charge on any atom is 0.303 e. The van der Waals surface area contributed by atoms with Gasteiger partial charge in [0.1, 0.15) is 18.8 Å².